The highest BCUT2D eigenvalue weighted by Crippen LogP contribution is 2.22. The van der Waals surface area contributed by atoms with E-state index in [1.54, 1.807) is 6.26 Å². The fourth-order valence-corrected chi connectivity index (χ4v) is 2.39. The van der Waals surface area contributed by atoms with Crippen LogP contribution in [0.5, 0.6) is 0 Å². The van der Waals surface area contributed by atoms with E-state index in [1.807, 2.05) is 6.26 Å². The lowest BCUT2D eigenvalue weighted by Gasteiger charge is -2.00. The van der Waals surface area contributed by atoms with Gasteiger partial charge in [-0.3, -0.25) is 10.1 Å². The fraction of sp³-hybridized carbons (Fsp3) is 0.143. The Morgan fingerprint density at radius 2 is 1.50 bits per heavy atom. The third-order valence-electron chi connectivity index (χ3n) is 2.84. The van der Waals surface area contributed by atoms with Crippen molar-refractivity contribution in [1.29, 1.82) is 0 Å². The van der Waals surface area contributed by atoms with Crippen LogP contribution in [0.3, 0.4) is 0 Å². The highest BCUT2D eigenvalue weighted by Gasteiger charge is 2.20. The van der Waals surface area contributed by atoms with Crippen LogP contribution in [0.25, 0.3) is 0 Å². The van der Waals surface area contributed by atoms with E-state index in [4.69, 9.17) is 15.9 Å². The number of rotatable bonds is 5. The first-order valence-electron chi connectivity index (χ1n) is 6.65. The number of nitro groups is 1. The van der Waals surface area contributed by atoms with Gasteiger partial charge in [-0.25, -0.2) is 19.6 Å². The van der Waals surface area contributed by atoms with Crippen LogP contribution >= 0.6 is 23.5 Å². The van der Waals surface area contributed by atoms with E-state index in [2.05, 4.69) is 9.97 Å². The number of carboxylic acids is 2. The summed E-state index contributed by atoms with van der Waals surface area (Å²) in [6.07, 6.45) is 5.84. The minimum absolute atomic E-state index is 0.106. The first-order chi connectivity index (χ1) is 12.2. The fourth-order valence-electron chi connectivity index (χ4n) is 1.60. The smallest absolute Gasteiger partial charge is 0.342 e. The number of hydrogen-bond donors (Lipinski definition) is 3. The number of nitrogen functional groups attached to an aromatic ring is 1. The van der Waals surface area contributed by atoms with Gasteiger partial charge in [0.15, 0.2) is 0 Å². The topological polar surface area (TPSA) is 170 Å². The van der Waals surface area contributed by atoms with Gasteiger partial charge in [0.25, 0.3) is 0 Å². The van der Waals surface area contributed by atoms with E-state index in [-0.39, 0.29) is 16.8 Å². The summed E-state index contributed by atoms with van der Waals surface area (Å²) in [6, 6.07) is 2.65. The highest BCUT2D eigenvalue weighted by molar-refractivity contribution is 7.98. The van der Waals surface area contributed by atoms with Crippen molar-refractivity contribution in [2.75, 3.05) is 18.2 Å². The van der Waals surface area contributed by atoms with Crippen molar-refractivity contribution >= 4 is 46.8 Å². The predicted molar refractivity (Wildman–Crippen MR) is 97.0 cm³/mol. The Labute approximate surface area is 156 Å². The number of aromatic carboxylic acids is 2. The monoisotopic (exact) mass is 398 g/mol. The molecule has 26 heavy (non-hydrogen) atoms. The summed E-state index contributed by atoms with van der Waals surface area (Å²) in [4.78, 5) is 38.5. The van der Waals surface area contributed by atoms with Crippen molar-refractivity contribution in [3.8, 4) is 0 Å². The van der Waals surface area contributed by atoms with Gasteiger partial charge in [-0.2, -0.15) is 0 Å². The molecule has 0 radical (unpaired) electrons. The van der Waals surface area contributed by atoms with Crippen molar-refractivity contribution in [1.82, 2.24) is 9.97 Å². The van der Waals surface area contributed by atoms with E-state index in [9.17, 15) is 19.7 Å². The summed E-state index contributed by atoms with van der Waals surface area (Å²) in [5.41, 5.74) is 4.86. The van der Waals surface area contributed by atoms with Crippen LogP contribution in [0.15, 0.2) is 34.6 Å². The van der Waals surface area contributed by atoms with Gasteiger partial charge in [0.05, 0.1) is 32.4 Å². The first-order valence-corrected chi connectivity index (χ1v) is 9.10. The second-order valence-corrected chi connectivity index (χ2v) is 6.08. The molecule has 0 atom stereocenters. The summed E-state index contributed by atoms with van der Waals surface area (Å²) in [7, 11) is 0. The molecule has 0 saturated carbocycles. The molecule has 2 rings (SSSR count). The SMILES string of the molecule is CSc1cc(C(=O)O)c(N)cn1.CSc1cc(C(=O)O)c([N+](=O)[O-])cn1. The average molecular weight is 398 g/mol. The zero-order valence-electron chi connectivity index (χ0n) is 13.6. The number of nitrogens with zero attached hydrogens (tertiary/aromatic N) is 3. The predicted octanol–water partition coefficient (Wildman–Crippen LogP) is 2.49. The molecule has 0 aliphatic carbocycles. The second-order valence-electron chi connectivity index (χ2n) is 4.43. The van der Waals surface area contributed by atoms with E-state index < -0.39 is 22.5 Å². The number of pyridine rings is 2. The van der Waals surface area contributed by atoms with Crippen molar-refractivity contribution < 1.29 is 24.7 Å². The van der Waals surface area contributed by atoms with Crippen LogP contribution in [0, 0.1) is 10.1 Å². The molecule has 0 saturated heterocycles. The summed E-state index contributed by atoms with van der Waals surface area (Å²) in [6.45, 7) is 0. The van der Waals surface area contributed by atoms with Gasteiger partial charge >= 0.3 is 17.6 Å². The lowest BCUT2D eigenvalue weighted by molar-refractivity contribution is -0.385. The van der Waals surface area contributed by atoms with Crippen LogP contribution < -0.4 is 5.73 Å². The maximum atomic E-state index is 10.7. The molecule has 2 aromatic heterocycles. The van der Waals surface area contributed by atoms with Crippen molar-refractivity contribution in [3.05, 3.63) is 45.8 Å². The zero-order chi connectivity index (χ0) is 19.9. The number of nitrogens with two attached hydrogens (primary N) is 1. The Hall–Kier alpha value is -2.86. The molecule has 0 aliphatic heterocycles. The normalized spacial score (nSPS) is 9.77. The number of carbonyl (C=O) groups is 2. The quantitative estimate of drug-likeness (QED) is 0.384. The van der Waals surface area contributed by atoms with Gasteiger partial charge < -0.3 is 15.9 Å². The molecule has 0 aromatic carbocycles. The molecule has 2 heterocycles. The largest absolute Gasteiger partial charge is 0.478 e. The molecule has 138 valence electrons. The Morgan fingerprint density at radius 1 is 1.04 bits per heavy atom. The highest BCUT2D eigenvalue weighted by atomic mass is 32.2. The van der Waals surface area contributed by atoms with Gasteiger partial charge in [0.2, 0.25) is 0 Å². The van der Waals surface area contributed by atoms with Crippen molar-refractivity contribution in [2.45, 2.75) is 10.1 Å². The van der Waals surface area contributed by atoms with E-state index >= 15 is 0 Å². The Balaban J connectivity index is 0.000000263. The van der Waals surface area contributed by atoms with Crippen LogP contribution in [0.4, 0.5) is 11.4 Å². The third-order valence-corrected chi connectivity index (χ3v) is 4.13. The summed E-state index contributed by atoms with van der Waals surface area (Å²) in [5.74, 6) is -2.35. The minimum atomic E-state index is -1.32. The lowest BCUT2D eigenvalue weighted by Crippen LogP contribution is -2.03. The van der Waals surface area contributed by atoms with Crippen molar-refractivity contribution in [2.24, 2.45) is 0 Å². The molecular formula is C14H14N4O6S2. The summed E-state index contributed by atoms with van der Waals surface area (Å²) < 4.78 is 0. The Morgan fingerprint density at radius 3 is 1.92 bits per heavy atom. The third kappa shape index (κ3) is 5.60. The molecule has 0 spiro atoms. The van der Waals surface area contributed by atoms with Crippen LogP contribution in [0.1, 0.15) is 20.7 Å². The Kier molecular flexibility index (Phi) is 7.80. The molecular weight excluding hydrogens is 384 g/mol. The molecule has 10 nitrogen and oxygen atoms in total. The maximum absolute atomic E-state index is 10.7. The summed E-state index contributed by atoms with van der Waals surface area (Å²) in [5, 5.41) is 28.9. The van der Waals surface area contributed by atoms with Gasteiger partial charge in [-0.1, -0.05) is 0 Å². The van der Waals surface area contributed by atoms with E-state index in [0.29, 0.717) is 10.1 Å². The number of anilines is 1. The molecule has 0 bridgehead atoms. The molecule has 0 aliphatic rings. The van der Waals surface area contributed by atoms with E-state index in [0.717, 1.165) is 6.20 Å². The number of aromatic nitrogens is 2. The molecule has 0 fully saturated rings. The Bertz CT molecular complexity index is 846. The molecule has 0 amide bonds. The molecule has 4 N–H and O–H groups in total. The second kappa shape index (κ2) is 9.58. The van der Waals surface area contributed by atoms with Gasteiger partial charge in [0, 0.05) is 0 Å². The van der Waals surface area contributed by atoms with Crippen molar-refractivity contribution in [3.63, 3.8) is 0 Å². The maximum Gasteiger partial charge on any atom is 0.342 e. The van der Waals surface area contributed by atoms with E-state index in [1.165, 1.54) is 41.9 Å². The number of thioether (sulfide) groups is 2. The summed E-state index contributed by atoms with van der Waals surface area (Å²) >= 11 is 2.60. The van der Waals surface area contributed by atoms with Gasteiger partial charge in [0.1, 0.15) is 11.8 Å². The lowest BCUT2D eigenvalue weighted by atomic mass is 10.2. The van der Waals surface area contributed by atoms with Crippen LogP contribution in [0.2, 0.25) is 0 Å². The van der Waals surface area contributed by atoms with Crippen LogP contribution in [-0.4, -0.2) is 49.6 Å². The number of carboxylic acid groups (broad SMARTS) is 2. The molecule has 2 aromatic rings. The zero-order valence-corrected chi connectivity index (χ0v) is 15.2. The number of hydrogen-bond acceptors (Lipinski definition) is 9. The molecule has 0 unspecified atom stereocenters. The standard InChI is InChI=1S/C7H6N2O4S.C7H8N2O2S/c1-14-6-2-4(7(10)11)5(3-8-6)9(12)13;1-12-6-2-4(7(10)11)5(8)3-9-6/h2-3H,1H3,(H,10,11);2-3H,8H2,1H3,(H,10,11). The van der Waals surface area contributed by atoms with Gasteiger partial charge in [-0.05, 0) is 24.6 Å². The average Bonchev–Trinajstić information content (AvgIpc) is 2.61. The first kappa shape index (κ1) is 21.2. The minimum Gasteiger partial charge on any atom is -0.478 e. The van der Waals surface area contributed by atoms with Gasteiger partial charge in [-0.15, -0.1) is 23.5 Å². The molecule has 12 heteroatoms. The van der Waals surface area contributed by atoms with Crippen LogP contribution in [-0.2, 0) is 0 Å².